The van der Waals surface area contributed by atoms with Gasteiger partial charge in [-0.2, -0.15) is 12.6 Å². The summed E-state index contributed by atoms with van der Waals surface area (Å²) in [6, 6.07) is 7.27. The highest BCUT2D eigenvalue weighted by Crippen LogP contribution is 2.31. The molecule has 0 spiro atoms. The topological polar surface area (TPSA) is 128 Å². The molecule has 0 aliphatic carbocycles. The van der Waals surface area contributed by atoms with E-state index in [9.17, 15) is 24.6 Å². The third-order valence-electron chi connectivity index (χ3n) is 5.36. The van der Waals surface area contributed by atoms with Crippen molar-refractivity contribution in [3.63, 3.8) is 0 Å². The number of para-hydroxylation sites is 1. The smallest absolute Gasteiger partial charge is 0.408 e. The number of phenols is 1. The van der Waals surface area contributed by atoms with E-state index in [2.05, 4.69) is 23.3 Å². The number of benzene rings is 2. The van der Waals surface area contributed by atoms with Crippen LogP contribution in [0.4, 0.5) is 10.5 Å². The molecule has 4 N–H and O–H groups in total. The lowest BCUT2D eigenvalue weighted by Gasteiger charge is -2.34. The minimum atomic E-state index is -1.24. The number of anilines is 1. The van der Waals surface area contributed by atoms with Gasteiger partial charge in [-0.15, -0.1) is 0 Å². The molecule has 2 rings (SSSR count). The average molecular weight is 552 g/mol. The number of nitrogens with zero attached hydrogens (tertiary/aromatic N) is 1. The third kappa shape index (κ3) is 8.28. The molecule has 9 nitrogen and oxygen atoms in total. The van der Waals surface area contributed by atoms with E-state index in [4.69, 9.17) is 16.3 Å². The molecule has 2 unspecified atom stereocenters. The van der Waals surface area contributed by atoms with E-state index in [0.717, 1.165) is 4.90 Å². The van der Waals surface area contributed by atoms with E-state index < -0.39 is 42.2 Å². The number of carbonyl (C=O) groups is 3. The Balaban J connectivity index is 2.52. The van der Waals surface area contributed by atoms with Crippen LogP contribution in [0.1, 0.15) is 43.5 Å². The van der Waals surface area contributed by atoms with Gasteiger partial charge in [0.05, 0.1) is 17.3 Å². The van der Waals surface area contributed by atoms with Crippen LogP contribution in [-0.2, 0) is 14.3 Å². The highest BCUT2D eigenvalue weighted by atomic mass is 35.5. The number of thiol groups is 1. The van der Waals surface area contributed by atoms with Gasteiger partial charge in [0.1, 0.15) is 23.4 Å². The molecule has 0 heterocycles. The van der Waals surface area contributed by atoms with Crippen LogP contribution in [0.25, 0.3) is 0 Å². The molecule has 0 saturated carbocycles. The van der Waals surface area contributed by atoms with Crippen LogP contribution in [0.5, 0.6) is 5.75 Å². The van der Waals surface area contributed by atoms with Gasteiger partial charge >= 0.3 is 6.09 Å². The van der Waals surface area contributed by atoms with Gasteiger partial charge in [0.25, 0.3) is 5.91 Å². The Morgan fingerprint density at radius 3 is 2.35 bits per heavy atom. The van der Waals surface area contributed by atoms with Crippen molar-refractivity contribution in [3.8, 4) is 5.75 Å². The first-order valence-corrected chi connectivity index (χ1v) is 12.7. The fourth-order valence-electron chi connectivity index (χ4n) is 3.61. The molecule has 0 saturated heterocycles. The first-order valence-electron chi connectivity index (χ1n) is 11.7. The Morgan fingerprint density at radius 1 is 1.14 bits per heavy atom. The van der Waals surface area contributed by atoms with Crippen LogP contribution in [0.2, 0.25) is 5.02 Å². The van der Waals surface area contributed by atoms with Crippen LogP contribution in [-0.4, -0.2) is 63.6 Å². The molecule has 11 heteroatoms. The van der Waals surface area contributed by atoms with E-state index in [0.29, 0.717) is 27.4 Å². The highest BCUT2D eigenvalue weighted by molar-refractivity contribution is 7.80. The van der Waals surface area contributed by atoms with Crippen LogP contribution in [0.3, 0.4) is 0 Å². The number of phenolic OH excluding ortho intramolecular Hbond substituents is 1. The molecule has 2 aromatic rings. The Hall–Kier alpha value is -2.95. The number of aromatic hydroxyl groups is 1. The first-order chi connectivity index (χ1) is 17.3. The molecule has 2 atom stereocenters. The van der Waals surface area contributed by atoms with Crippen LogP contribution in [0.15, 0.2) is 36.4 Å². The largest absolute Gasteiger partial charge is 0.508 e. The van der Waals surface area contributed by atoms with Crippen molar-refractivity contribution >= 4 is 47.8 Å². The van der Waals surface area contributed by atoms with Gasteiger partial charge in [0, 0.05) is 12.3 Å². The Morgan fingerprint density at radius 2 is 1.81 bits per heavy atom. The number of hydrogen-bond donors (Lipinski definition) is 5. The van der Waals surface area contributed by atoms with Crippen molar-refractivity contribution < 1.29 is 29.3 Å². The van der Waals surface area contributed by atoms with Gasteiger partial charge in [-0.05, 0) is 69.5 Å². The van der Waals surface area contributed by atoms with Crippen LogP contribution in [0, 0.1) is 13.8 Å². The normalized spacial score (nSPS) is 12.9. The summed E-state index contributed by atoms with van der Waals surface area (Å²) in [5.41, 5.74) is 1.16. The summed E-state index contributed by atoms with van der Waals surface area (Å²) in [6.45, 7) is 7.82. The van der Waals surface area contributed by atoms with Crippen molar-refractivity contribution in [3.05, 3.63) is 58.1 Å². The summed E-state index contributed by atoms with van der Waals surface area (Å²) in [7, 11) is 0. The molecular formula is C26H34ClN3O6S. The van der Waals surface area contributed by atoms with Gasteiger partial charge in [-0.1, -0.05) is 29.8 Å². The lowest BCUT2D eigenvalue weighted by Crippen LogP contribution is -2.53. The number of hydrogen-bond acceptors (Lipinski definition) is 7. The number of ether oxygens (including phenoxy) is 1. The molecular weight excluding hydrogens is 518 g/mol. The first kappa shape index (κ1) is 30.3. The molecule has 3 amide bonds. The van der Waals surface area contributed by atoms with Crippen LogP contribution < -0.4 is 10.6 Å². The fourth-order valence-corrected chi connectivity index (χ4v) is 4.13. The Bertz CT molecular complexity index is 1120. The van der Waals surface area contributed by atoms with E-state index >= 15 is 0 Å². The monoisotopic (exact) mass is 551 g/mol. The number of amides is 3. The van der Waals surface area contributed by atoms with Gasteiger partial charge in [0.2, 0.25) is 5.91 Å². The molecule has 0 fully saturated rings. The fraction of sp³-hybridized carbons (Fsp3) is 0.423. The second kappa shape index (κ2) is 13.0. The number of nitrogens with one attached hydrogen (secondary N) is 2. The molecule has 37 heavy (non-hydrogen) atoms. The zero-order valence-electron chi connectivity index (χ0n) is 21.5. The summed E-state index contributed by atoms with van der Waals surface area (Å²) in [5, 5.41) is 25.4. The van der Waals surface area contributed by atoms with Crippen molar-refractivity contribution in [2.75, 3.05) is 24.2 Å². The molecule has 2 aromatic carbocycles. The zero-order chi connectivity index (χ0) is 27.9. The summed E-state index contributed by atoms with van der Waals surface area (Å²) < 4.78 is 5.26. The number of aliphatic hydroxyl groups is 1. The van der Waals surface area contributed by atoms with Gasteiger partial charge in [0.15, 0.2) is 0 Å². The Labute approximate surface area is 227 Å². The van der Waals surface area contributed by atoms with Crippen LogP contribution >= 0.6 is 24.2 Å². The van der Waals surface area contributed by atoms with E-state index in [-0.39, 0.29) is 18.0 Å². The third-order valence-corrected chi connectivity index (χ3v) is 6.04. The van der Waals surface area contributed by atoms with E-state index in [1.54, 1.807) is 58.9 Å². The van der Waals surface area contributed by atoms with Crippen molar-refractivity contribution in [1.82, 2.24) is 10.2 Å². The molecule has 0 bridgehead atoms. The van der Waals surface area contributed by atoms with Crippen molar-refractivity contribution in [2.24, 2.45) is 0 Å². The number of halogens is 1. The maximum absolute atomic E-state index is 13.7. The summed E-state index contributed by atoms with van der Waals surface area (Å²) in [5.74, 6) is -1.33. The lowest BCUT2D eigenvalue weighted by molar-refractivity contribution is -0.140. The standard InChI is InChI=1S/C26H34ClN3O6S/c1-15-7-6-8-18(27)21(15)29-23(33)22(17-9-10-20(32)16(2)13-17)30(11-12-31)24(34)19(14-37)28-25(35)36-26(3,4)5/h6-10,13,19,22,31-32,37H,11-12,14H2,1-5H3,(H,28,35)(H,29,33). The summed E-state index contributed by atoms with van der Waals surface area (Å²) in [4.78, 5) is 40.9. The quantitative estimate of drug-likeness (QED) is 0.300. The van der Waals surface area contributed by atoms with Crippen molar-refractivity contribution in [1.29, 1.82) is 0 Å². The maximum atomic E-state index is 13.7. The van der Waals surface area contributed by atoms with Crippen molar-refractivity contribution in [2.45, 2.75) is 52.3 Å². The minimum absolute atomic E-state index is 0.0183. The molecule has 0 aliphatic heterocycles. The number of aryl methyl sites for hydroxylation is 2. The minimum Gasteiger partial charge on any atom is -0.508 e. The predicted octanol–water partition coefficient (Wildman–Crippen LogP) is 3.99. The van der Waals surface area contributed by atoms with Gasteiger partial charge in [-0.3, -0.25) is 9.59 Å². The summed E-state index contributed by atoms with van der Waals surface area (Å²) in [6.07, 6.45) is -0.822. The van der Waals surface area contributed by atoms with E-state index in [1.165, 1.54) is 12.1 Å². The highest BCUT2D eigenvalue weighted by Gasteiger charge is 2.36. The lowest BCUT2D eigenvalue weighted by atomic mass is 10.00. The molecule has 0 aliphatic rings. The van der Waals surface area contributed by atoms with Gasteiger partial charge in [-0.25, -0.2) is 4.79 Å². The number of carbonyl (C=O) groups excluding carboxylic acids is 3. The second-order valence-electron chi connectivity index (χ2n) is 9.51. The molecule has 202 valence electrons. The SMILES string of the molecule is Cc1cc(C(C(=O)Nc2c(C)cccc2Cl)N(CCO)C(=O)C(CS)NC(=O)OC(C)(C)C)ccc1O. The average Bonchev–Trinajstić information content (AvgIpc) is 2.80. The Kier molecular flexibility index (Phi) is 10.7. The zero-order valence-corrected chi connectivity index (χ0v) is 23.2. The predicted molar refractivity (Wildman–Crippen MR) is 146 cm³/mol. The maximum Gasteiger partial charge on any atom is 0.408 e. The van der Waals surface area contributed by atoms with Gasteiger partial charge < -0.3 is 30.5 Å². The molecule has 0 radical (unpaired) electrons. The number of alkyl carbamates (subject to hydrolysis) is 1. The number of aliphatic hydroxyl groups excluding tert-OH is 1. The second-order valence-corrected chi connectivity index (χ2v) is 10.3. The molecule has 0 aromatic heterocycles. The van der Waals surface area contributed by atoms with E-state index in [1.807, 2.05) is 0 Å². The summed E-state index contributed by atoms with van der Waals surface area (Å²) >= 11 is 10.5. The number of rotatable bonds is 9.